The summed E-state index contributed by atoms with van der Waals surface area (Å²) in [6.45, 7) is 6.36. The molecule has 1 aromatic heterocycles. The molecule has 1 fully saturated rings. The molecule has 0 amide bonds. The minimum absolute atomic E-state index is 0.114. The third kappa shape index (κ3) is 4.03. The fraction of sp³-hybridized carbons (Fsp3) is 0.364. The number of carbonyl (C=O) groups is 1. The first-order valence-electron chi connectivity index (χ1n) is 10.1. The molecular formula is C22H25N3O5S. The number of aromatic nitrogens is 1. The molecule has 0 saturated carbocycles. The number of fused-ring (bicyclic) bond motifs is 1. The summed E-state index contributed by atoms with van der Waals surface area (Å²) >= 11 is 0. The number of oxazole rings is 1. The van der Waals surface area contributed by atoms with Crippen LogP contribution in [0, 0.1) is 6.92 Å². The molecule has 2 aromatic carbocycles. The Morgan fingerprint density at radius 3 is 2.48 bits per heavy atom. The van der Waals surface area contributed by atoms with Crippen molar-refractivity contribution in [2.45, 2.75) is 44.2 Å². The maximum absolute atomic E-state index is 13.5. The number of aliphatic carboxylic acids is 1. The van der Waals surface area contributed by atoms with E-state index in [1.54, 1.807) is 19.1 Å². The maximum atomic E-state index is 13.5. The summed E-state index contributed by atoms with van der Waals surface area (Å²) in [5, 5.41) is 9.13. The topological polar surface area (TPSA) is 104 Å². The van der Waals surface area contributed by atoms with Gasteiger partial charge < -0.3 is 14.4 Å². The van der Waals surface area contributed by atoms with Gasteiger partial charge in [-0.25, -0.2) is 8.42 Å². The van der Waals surface area contributed by atoms with E-state index in [1.807, 2.05) is 43.0 Å². The molecule has 2 heterocycles. The SMILES string of the molecule is Cc1ccc(S(=O)(=O)N2C(C)CN(c3nc4ccccc4o3)CC2C)cc1CC(=O)O. The van der Waals surface area contributed by atoms with Crippen LogP contribution in [0.4, 0.5) is 6.01 Å². The van der Waals surface area contributed by atoms with E-state index < -0.39 is 16.0 Å². The zero-order valence-electron chi connectivity index (χ0n) is 17.6. The number of anilines is 1. The van der Waals surface area contributed by atoms with Crippen molar-refractivity contribution >= 4 is 33.1 Å². The molecule has 1 aliphatic rings. The Balaban J connectivity index is 1.61. The number of para-hydroxylation sites is 2. The van der Waals surface area contributed by atoms with Crippen molar-refractivity contribution in [3.8, 4) is 0 Å². The summed E-state index contributed by atoms with van der Waals surface area (Å²) < 4.78 is 34.3. The van der Waals surface area contributed by atoms with Crippen molar-refractivity contribution in [3.05, 3.63) is 53.6 Å². The Kier molecular flexibility index (Phi) is 5.49. The van der Waals surface area contributed by atoms with E-state index in [0.29, 0.717) is 30.3 Å². The number of sulfonamides is 1. The first kappa shape index (κ1) is 21.3. The summed E-state index contributed by atoms with van der Waals surface area (Å²) in [5.74, 6) is -0.994. The Labute approximate surface area is 181 Å². The number of benzene rings is 2. The Morgan fingerprint density at radius 1 is 1.16 bits per heavy atom. The van der Waals surface area contributed by atoms with Crippen molar-refractivity contribution in [2.24, 2.45) is 0 Å². The number of piperazine rings is 1. The predicted octanol–water partition coefficient (Wildman–Crippen LogP) is 3.05. The van der Waals surface area contributed by atoms with Gasteiger partial charge in [-0.15, -0.1) is 0 Å². The van der Waals surface area contributed by atoms with E-state index in [2.05, 4.69) is 4.98 Å². The molecule has 0 aliphatic carbocycles. The average Bonchev–Trinajstić information content (AvgIpc) is 3.13. The smallest absolute Gasteiger partial charge is 0.307 e. The van der Waals surface area contributed by atoms with Crippen LogP contribution in [-0.2, 0) is 21.2 Å². The maximum Gasteiger partial charge on any atom is 0.307 e. The standard InChI is InChI=1S/C22H25N3O5S/c1-14-8-9-18(10-17(14)11-21(26)27)31(28,29)25-15(2)12-24(13-16(25)3)22-23-19-6-4-5-7-20(19)30-22/h4-10,15-16H,11-13H2,1-3H3,(H,26,27). The molecule has 164 valence electrons. The van der Waals surface area contributed by atoms with Crippen molar-refractivity contribution < 1.29 is 22.7 Å². The number of carboxylic acids is 1. The normalized spacial score (nSPS) is 20.3. The second-order valence-electron chi connectivity index (χ2n) is 8.06. The number of carboxylic acid groups (broad SMARTS) is 1. The van der Waals surface area contributed by atoms with Crippen LogP contribution in [0.25, 0.3) is 11.1 Å². The van der Waals surface area contributed by atoms with Crippen LogP contribution < -0.4 is 4.90 Å². The molecule has 31 heavy (non-hydrogen) atoms. The van der Waals surface area contributed by atoms with Gasteiger partial charge in [-0.05, 0) is 56.2 Å². The monoisotopic (exact) mass is 443 g/mol. The lowest BCUT2D eigenvalue weighted by Gasteiger charge is -2.42. The van der Waals surface area contributed by atoms with Crippen molar-refractivity contribution in [1.82, 2.24) is 9.29 Å². The van der Waals surface area contributed by atoms with Crippen LogP contribution in [0.15, 0.2) is 51.8 Å². The van der Waals surface area contributed by atoms with E-state index in [9.17, 15) is 13.2 Å². The van der Waals surface area contributed by atoms with Crippen LogP contribution in [0.3, 0.4) is 0 Å². The minimum atomic E-state index is -3.80. The molecule has 9 heteroatoms. The van der Waals surface area contributed by atoms with Gasteiger partial charge in [0.15, 0.2) is 5.58 Å². The molecule has 1 N–H and O–H groups in total. The van der Waals surface area contributed by atoms with E-state index in [0.717, 1.165) is 11.1 Å². The van der Waals surface area contributed by atoms with Gasteiger partial charge in [0.25, 0.3) is 6.01 Å². The van der Waals surface area contributed by atoms with Gasteiger partial charge in [0.1, 0.15) is 5.52 Å². The summed E-state index contributed by atoms with van der Waals surface area (Å²) in [7, 11) is -3.80. The third-order valence-corrected chi connectivity index (χ3v) is 7.75. The second-order valence-corrected chi connectivity index (χ2v) is 9.90. The highest BCUT2D eigenvalue weighted by Gasteiger charge is 2.39. The lowest BCUT2D eigenvalue weighted by atomic mass is 10.1. The summed E-state index contributed by atoms with van der Waals surface area (Å²) in [6, 6.07) is 12.0. The summed E-state index contributed by atoms with van der Waals surface area (Å²) in [4.78, 5) is 17.8. The molecule has 3 aromatic rings. The van der Waals surface area contributed by atoms with Gasteiger partial charge in [0.05, 0.1) is 11.3 Å². The second kappa shape index (κ2) is 7.97. The summed E-state index contributed by atoms with van der Waals surface area (Å²) in [5.41, 5.74) is 2.71. The lowest BCUT2D eigenvalue weighted by molar-refractivity contribution is -0.136. The van der Waals surface area contributed by atoms with E-state index >= 15 is 0 Å². The first-order valence-corrected chi connectivity index (χ1v) is 11.6. The van der Waals surface area contributed by atoms with Crippen LogP contribution >= 0.6 is 0 Å². The number of aryl methyl sites for hydroxylation is 1. The van der Waals surface area contributed by atoms with E-state index in [4.69, 9.17) is 9.52 Å². The fourth-order valence-corrected chi connectivity index (χ4v) is 6.07. The number of hydrogen-bond acceptors (Lipinski definition) is 6. The van der Waals surface area contributed by atoms with Gasteiger partial charge in [0.2, 0.25) is 10.0 Å². The number of rotatable bonds is 5. The molecular weight excluding hydrogens is 418 g/mol. The minimum Gasteiger partial charge on any atom is -0.481 e. The van der Waals surface area contributed by atoms with Crippen LogP contribution in [0.5, 0.6) is 0 Å². The van der Waals surface area contributed by atoms with Crippen LogP contribution in [0.2, 0.25) is 0 Å². The molecule has 1 saturated heterocycles. The summed E-state index contributed by atoms with van der Waals surface area (Å²) in [6.07, 6.45) is -0.216. The highest BCUT2D eigenvalue weighted by atomic mass is 32.2. The molecule has 2 atom stereocenters. The Hall–Kier alpha value is -2.91. The Morgan fingerprint density at radius 2 is 1.84 bits per heavy atom. The van der Waals surface area contributed by atoms with Crippen LogP contribution in [-0.4, -0.2) is 54.0 Å². The molecule has 0 radical (unpaired) electrons. The number of nitrogens with zero attached hydrogens (tertiary/aromatic N) is 3. The van der Waals surface area contributed by atoms with Crippen LogP contribution in [0.1, 0.15) is 25.0 Å². The van der Waals surface area contributed by atoms with Crippen molar-refractivity contribution in [3.63, 3.8) is 0 Å². The number of hydrogen-bond donors (Lipinski definition) is 1. The predicted molar refractivity (Wildman–Crippen MR) is 117 cm³/mol. The van der Waals surface area contributed by atoms with E-state index in [-0.39, 0.29) is 23.4 Å². The zero-order valence-corrected chi connectivity index (χ0v) is 18.5. The largest absolute Gasteiger partial charge is 0.481 e. The molecule has 0 spiro atoms. The highest BCUT2D eigenvalue weighted by molar-refractivity contribution is 7.89. The van der Waals surface area contributed by atoms with Crippen molar-refractivity contribution in [1.29, 1.82) is 0 Å². The molecule has 4 rings (SSSR count). The quantitative estimate of drug-likeness (QED) is 0.646. The van der Waals surface area contributed by atoms with Gasteiger partial charge in [-0.2, -0.15) is 9.29 Å². The van der Waals surface area contributed by atoms with Gasteiger partial charge >= 0.3 is 5.97 Å². The molecule has 2 unspecified atom stereocenters. The fourth-order valence-electron chi connectivity index (χ4n) is 4.22. The highest BCUT2D eigenvalue weighted by Crippen LogP contribution is 2.30. The van der Waals surface area contributed by atoms with Crippen molar-refractivity contribution in [2.75, 3.05) is 18.0 Å². The lowest BCUT2D eigenvalue weighted by Crippen LogP contribution is -2.58. The molecule has 1 aliphatic heterocycles. The molecule has 0 bridgehead atoms. The molecule has 8 nitrogen and oxygen atoms in total. The average molecular weight is 444 g/mol. The van der Waals surface area contributed by atoms with Gasteiger partial charge in [0, 0.05) is 25.2 Å². The van der Waals surface area contributed by atoms with E-state index in [1.165, 1.54) is 10.4 Å². The third-order valence-electron chi connectivity index (χ3n) is 5.63. The zero-order chi connectivity index (χ0) is 22.3. The first-order chi connectivity index (χ1) is 14.7. The van der Waals surface area contributed by atoms with Gasteiger partial charge in [-0.3, -0.25) is 4.79 Å². The van der Waals surface area contributed by atoms with Gasteiger partial charge in [-0.1, -0.05) is 18.2 Å². The Bertz CT molecular complexity index is 1190.